The molecule has 1 aromatic rings. The van der Waals surface area contributed by atoms with E-state index < -0.39 is 0 Å². The number of amides is 2. The largest absolute Gasteiger partial charge is 0.399 e. The van der Waals surface area contributed by atoms with Crippen LogP contribution in [0.5, 0.6) is 0 Å². The summed E-state index contributed by atoms with van der Waals surface area (Å²) in [7, 11) is 1.83. The zero-order chi connectivity index (χ0) is 13.5. The predicted molar refractivity (Wildman–Crippen MR) is 75.3 cm³/mol. The van der Waals surface area contributed by atoms with Crippen LogP contribution in [-0.2, 0) is 6.54 Å². The van der Waals surface area contributed by atoms with Gasteiger partial charge in [0.05, 0.1) is 0 Å². The van der Waals surface area contributed by atoms with E-state index in [2.05, 4.69) is 6.92 Å². The van der Waals surface area contributed by atoms with E-state index in [-0.39, 0.29) is 6.03 Å². The summed E-state index contributed by atoms with van der Waals surface area (Å²) in [6, 6.07) is 7.76. The van der Waals surface area contributed by atoms with Gasteiger partial charge in [-0.1, -0.05) is 19.1 Å². The molecule has 4 nitrogen and oxygen atoms in total. The van der Waals surface area contributed by atoms with Crippen molar-refractivity contribution in [2.75, 3.05) is 25.9 Å². The standard InChI is InChI=1S/C14H23N3O/c1-4-10-17(14(18)16(3)5-2)11-12-6-8-13(15)9-7-12/h6-9H,4-5,10-11,15H2,1-3H3. The molecule has 0 heterocycles. The number of nitrogens with two attached hydrogens (primary N) is 1. The third-order valence-corrected chi connectivity index (χ3v) is 2.92. The lowest BCUT2D eigenvalue weighted by Crippen LogP contribution is -2.41. The zero-order valence-electron chi connectivity index (χ0n) is 11.5. The van der Waals surface area contributed by atoms with Crippen LogP contribution in [-0.4, -0.2) is 36.0 Å². The Morgan fingerprint density at radius 2 is 1.83 bits per heavy atom. The molecule has 0 spiro atoms. The van der Waals surface area contributed by atoms with Gasteiger partial charge in [-0.05, 0) is 31.0 Å². The first kappa shape index (κ1) is 14.4. The van der Waals surface area contributed by atoms with Crippen molar-refractivity contribution in [3.63, 3.8) is 0 Å². The van der Waals surface area contributed by atoms with Gasteiger partial charge in [0, 0.05) is 32.4 Å². The Hall–Kier alpha value is -1.71. The Bertz CT molecular complexity index is 375. The van der Waals surface area contributed by atoms with Crippen LogP contribution < -0.4 is 5.73 Å². The molecule has 0 aliphatic heterocycles. The third-order valence-electron chi connectivity index (χ3n) is 2.92. The van der Waals surface area contributed by atoms with Gasteiger partial charge in [-0.15, -0.1) is 0 Å². The van der Waals surface area contributed by atoms with Crippen molar-refractivity contribution >= 4 is 11.7 Å². The average molecular weight is 249 g/mol. The van der Waals surface area contributed by atoms with Gasteiger partial charge in [0.2, 0.25) is 0 Å². The molecule has 1 aromatic carbocycles. The SMILES string of the molecule is CCCN(Cc1ccc(N)cc1)C(=O)N(C)CC. The Kier molecular flexibility index (Phi) is 5.49. The second-order valence-electron chi connectivity index (χ2n) is 4.46. The topological polar surface area (TPSA) is 49.6 Å². The number of anilines is 1. The maximum atomic E-state index is 12.2. The lowest BCUT2D eigenvalue weighted by atomic mass is 10.2. The molecule has 0 aromatic heterocycles. The summed E-state index contributed by atoms with van der Waals surface area (Å²) in [6.45, 7) is 6.19. The van der Waals surface area contributed by atoms with Crippen LogP contribution >= 0.6 is 0 Å². The number of nitrogen functional groups attached to an aromatic ring is 1. The van der Waals surface area contributed by atoms with Crippen molar-refractivity contribution in [2.24, 2.45) is 0 Å². The minimum atomic E-state index is 0.0798. The summed E-state index contributed by atoms with van der Waals surface area (Å²) >= 11 is 0. The third kappa shape index (κ3) is 3.95. The van der Waals surface area contributed by atoms with Crippen molar-refractivity contribution in [3.05, 3.63) is 29.8 Å². The van der Waals surface area contributed by atoms with E-state index in [1.165, 1.54) is 0 Å². The van der Waals surface area contributed by atoms with Gasteiger partial charge in [0.15, 0.2) is 0 Å². The number of hydrogen-bond donors (Lipinski definition) is 1. The van der Waals surface area contributed by atoms with Gasteiger partial charge in [-0.25, -0.2) is 4.79 Å². The first-order valence-electron chi connectivity index (χ1n) is 6.43. The van der Waals surface area contributed by atoms with Gasteiger partial charge >= 0.3 is 6.03 Å². The maximum Gasteiger partial charge on any atom is 0.320 e. The molecule has 100 valence electrons. The summed E-state index contributed by atoms with van der Waals surface area (Å²) in [5.74, 6) is 0. The maximum absolute atomic E-state index is 12.2. The summed E-state index contributed by atoms with van der Waals surface area (Å²) in [5.41, 5.74) is 7.51. The number of nitrogens with zero attached hydrogens (tertiary/aromatic N) is 2. The van der Waals surface area contributed by atoms with Crippen LogP contribution in [0.25, 0.3) is 0 Å². The second-order valence-corrected chi connectivity index (χ2v) is 4.46. The molecule has 1 rings (SSSR count). The minimum absolute atomic E-state index is 0.0798. The Labute approximate surface area is 109 Å². The van der Waals surface area contributed by atoms with E-state index in [0.29, 0.717) is 6.54 Å². The van der Waals surface area contributed by atoms with E-state index in [1.54, 1.807) is 4.90 Å². The van der Waals surface area contributed by atoms with Gasteiger partial charge in [0.25, 0.3) is 0 Å². The molecule has 0 fully saturated rings. The molecule has 0 radical (unpaired) electrons. The quantitative estimate of drug-likeness (QED) is 0.815. The number of rotatable bonds is 5. The lowest BCUT2D eigenvalue weighted by molar-refractivity contribution is 0.162. The highest BCUT2D eigenvalue weighted by molar-refractivity contribution is 5.74. The molecule has 0 saturated heterocycles. The van der Waals surface area contributed by atoms with Crippen molar-refractivity contribution < 1.29 is 4.79 Å². The molecule has 4 heteroatoms. The molecular weight excluding hydrogens is 226 g/mol. The number of carbonyl (C=O) groups is 1. The van der Waals surface area contributed by atoms with Gasteiger partial charge in [-0.2, -0.15) is 0 Å². The fourth-order valence-corrected chi connectivity index (χ4v) is 1.73. The van der Waals surface area contributed by atoms with E-state index in [0.717, 1.165) is 30.8 Å². The molecule has 0 atom stereocenters. The molecule has 0 bridgehead atoms. The molecule has 0 saturated carbocycles. The van der Waals surface area contributed by atoms with Crippen LogP contribution in [0.1, 0.15) is 25.8 Å². The van der Waals surface area contributed by atoms with Crippen LogP contribution in [0.2, 0.25) is 0 Å². The van der Waals surface area contributed by atoms with Gasteiger partial charge < -0.3 is 15.5 Å². The van der Waals surface area contributed by atoms with E-state index in [9.17, 15) is 4.79 Å². The first-order valence-corrected chi connectivity index (χ1v) is 6.43. The molecule has 18 heavy (non-hydrogen) atoms. The molecule has 2 amide bonds. The van der Waals surface area contributed by atoms with Crippen molar-refractivity contribution in [1.82, 2.24) is 9.80 Å². The highest BCUT2D eigenvalue weighted by Gasteiger charge is 2.16. The first-order chi connectivity index (χ1) is 8.58. The predicted octanol–water partition coefficient (Wildman–Crippen LogP) is 2.55. The zero-order valence-corrected chi connectivity index (χ0v) is 11.5. The fourth-order valence-electron chi connectivity index (χ4n) is 1.73. The Balaban J connectivity index is 2.73. The number of benzene rings is 1. The molecule has 0 aliphatic carbocycles. The van der Waals surface area contributed by atoms with Crippen molar-refractivity contribution in [2.45, 2.75) is 26.8 Å². The minimum Gasteiger partial charge on any atom is -0.399 e. The number of urea groups is 1. The highest BCUT2D eigenvalue weighted by Crippen LogP contribution is 2.10. The highest BCUT2D eigenvalue weighted by atomic mass is 16.2. The average Bonchev–Trinajstić information content (AvgIpc) is 2.39. The van der Waals surface area contributed by atoms with Crippen LogP contribution in [0.4, 0.5) is 10.5 Å². The van der Waals surface area contributed by atoms with Gasteiger partial charge in [0.1, 0.15) is 0 Å². The summed E-state index contributed by atoms with van der Waals surface area (Å²) < 4.78 is 0. The lowest BCUT2D eigenvalue weighted by Gasteiger charge is -2.27. The Morgan fingerprint density at radius 1 is 1.22 bits per heavy atom. The second kappa shape index (κ2) is 6.89. The van der Waals surface area contributed by atoms with Crippen LogP contribution in [0.15, 0.2) is 24.3 Å². The van der Waals surface area contributed by atoms with Crippen molar-refractivity contribution in [1.29, 1.82) is 0 Å². The van der Waals surface area contributed by atoms with Crippen LogP contribution in [0.3, 0.4) is 0 Å². The summed E-state index contributed by atoms with van der Waals surface area (Å²) in [5, 5.41) is 0. The van der Waals surface area contributed by atoms with E-state index in [4.69, 9.17) is 5.73 Å². The van der Waals surface area contributed by atoms with E-state index in [1.807, 2.05) is 43.1 Å². The summed E-state index contributed by atoms with van der Waals surface area (Å²) in [6.07, 6.45) is 0.957. The normalized spacial score (nSPS) is 10.2. The monoisotopic (exact) mass is 249 g/mol. The smallest absolute Gasteiger partial charge is 0.320 e. The van der Waals surface area contributed by atoms with Crippen molar-refractivity contribution in [3.8, 4) is 0 Å². The molecule has 2 N–H and O–H groups in total. The molecule has 0 unspecified atom stereocenters. The Morgan fingerprint density at radius 3 is 2.33 bits per heavy atom. The van der Waals surface area contributed by atoms with E-state index >= 15 is 0 Å². The number of carbonyl (C=O) groups excluding carboxylic acids is 1. The van der Waals surface area contributed by atoms with Crippen LogP contribution in [0, 0.1) is 0 Å². The fraction of sp³-hybridized carbons (Fsp3) is 0.500. The molecule has 0 aliphatic rings. The summed E-state index contributed by atoms with van der Waals surface area (Å²) in [4.78, 5) is 15.8. The molecular formula is C14H23N3O. The number of hydrogen-bond acceptors (Lipinski definition) is 2. The van der Waals surface area contributed by atoms with Gasteiger partial charge in [-0.3, -0.25) is 0 Å².